The van der Waals surface area contributed by atoms with E-state index in [0.29, 0.717) is 6.04 Å². The SMILES string of the molecule is Cc1cc(C#CCO)ccc1NC(=O)NC1CCCCC1. The molecule has 0 radical (unpaired) electrons. The minimum atomic E-state index is -0.150. The van der Waals surface area contributed by atoms with E-state index in [0.717, 1.165) is 29.7 Å². The number of nitrogens with one attached hydrogen (secondary N) is 2. The zero-order valence-corrected chi connectivity index (χ0v) is 12.4. The van der Waals surface area contributed by atoms with Crippen LogP contribution in [-0.4, -0.2) is 23.8 Å². The van der Waals surface area contributed by atoms with Crippen LogP contribution < -0.4 is 10.6 Å². The number of hydrogen-bond donors (Lipinski definition) is 3. The first kappa shape index (κ1) is 15.4. The third kappa shape index (κ3) is 4.80. The fraction of sp³-hybridized carbons (Fsp3) is 0.471. The molecule has 1 saturated carbocycles. The molecule has 3 N–H and O–H groups in total. The van der Waals surface area contributed by atoms with Gasteiger partial charge in [-0.1, -0.05) is 31.1 Å². The lowest BCUT2D eigenvalue weighted by Gasteiger charge is -2.23. The average Bonchev–Trinajstić information content (AvgIpc) is 2.48. The Bertz CT molecular complexity index is 552. The Morgan fingerprint density at radius 1 is 1.33 bits per heavy atom. The first-order valence-electron chi connectivity index (χ1n) is 7.47. The minimum Gasteiger partial charge on any atom is -0.384 e. The van der Waals surface area contributed by atoms with Gasteiger partial charge in [0.05, 0.1) is 0 Å². The summed E-state index contributed by atoms with van der Waals surface area (Å²) in [5, 5.41) is 14.6. The van der Waals surface area contributed by atoms with Gasteiger partial charge >= 0.3 is 6.03 Å². The zero-order chi connectivity index (χ0) is 15.1. The summed E-state index contributed by atoms with van der Waals surface area (Å²) in [5.41, 5.74) is 2.58. The molecule has 1 fully saturated rings. The van der Waals surface area contributed by atoms with E-state index in [1.54, 1.807) is 0 Å². The lowest BCUT2D eigenvalue weighted by atomic mass is 9.96. The predicted octanol–water partition coefficient (Wildman–Crippen LogP) is 2.79. The second-order valence-corrected chi connectivity index (χ2v) is 5.42. The molecule has 0 heterocycles. The summed E-state index contributed by atoms with van der Waals surface area (Å²) in [5.74, 6) is 5.47. The van der Waals surface area contributed by atoms with Crippen LogP contribution in [0.2, 0.25) is 0 Å². The highest BCUT2D eigenvalue weighted by atomic mass is 16.2. The van der Waals surface area contributed by atoms with Crippen LogP contribution in [0.1, 0.15) is 43.2 Å². The van der Waals surface area contributed by atoms with Crippen LogP contribution in [-0.2, 0) is 0 Å². The van der Waals surface area contributed by atoms with Crippen LogP contribution >= 0.6 is 0 Å². The molecule has 0 aliphatic heterocycles. The molecule has 4 heteroatoms. The smallest absolute Gasteiger partial charge is 0.319 e. The van der Waals surface area contributed by atoms with Gasteiger partial charge in [-0.3, -0.25) is 0 Å². The Labute approximate surface area is 125 Å². The maximum absolute atomic E-state index is 12.0. The maximum atomic E-state index is 12.0. The number of urea groups is 1. The van der Waals surface area contributed by atoms with E-state index in [1.807, 2.05) is 25.1 Å². The van der Waals surface area contributed by atoms with Crippen LogP contribution in [0.4, 0.5) is 10.5 Å². The van der Waals surface area contributed by atoms with Crippen molar-refractivity contribution < 1.29 is 9.90 Å². The van der Waals surface area contributed by atoms with Crippen LogP contribution in [0, 0.1) is 18.8 Å². The van der Waals surface area contributed by atoms with Gasteiger partial charge in [0.25, 0.3) is 0 Å². The van der Waals surface area contributed by atoms with Crippen molar-refractivity contribution in [2.24, 2.45) is 0 Å². The van der Waals surface area contributed by atoms with Gasteiger partial charge in [-0.05, 0) is 43.5 Å². The molecule has 2 amide bonds. The fourth-order valence-electron chi connectivity index (χ4n) is 2.61. The molecule has 0 spiro atoms. The second-order valence-electron chi connectivity index (χ2n) is 5.42. The number of benzene rings is 1. The van der Waals surface area contributed by atoms with Crippen molar-refractivity contribution in [1.29, 1.82) is 0 Å². The highest BCUT2D eigenvalue weighted by Gasteiger charge is 2.15. The predicted molar refractivity (Wildman–Crippen MR) is 84.2 cm³/mol. The number of aryl methyl sites for hydroxylation is 1. The summed E-state index contributed by atoms with van der Waals surface area (Å²) in [4.78, 5) is 12.0. The quantitative estimate of drug-likeness (QED) is 0.732. The zero-order valence-electron chi connectivity index (χ0n) is 12.4. The van der Waals surface area contributed by atoms with Gasteiger partial charge in [0, 0.05) is 17.3 Å². The molecule has 0 aromatic heterocycles. The van der Waals surface area contributed by atoms with E-state index in [4.69, 9.17) is 5.11 Å². The summed E-state index contributed by atoms with van der Waals surface area (Å²) >= 11 is 0. The van der Waals surface area contributed by atoms with Gasteiger partial charge < -0.3 is 15.7 Å². The number of rotatable bonds is 2. The molecule has 1 aromatic rings. The van der Waals surface area contributed by atoms with Crippen molar-refractivity contribution in [3.8, 4) is 11.8 Å². The Hall–Kier alpha value is -1.99. The van der Waals surface area contributed by atoms with Gasteiger partial charge in [-0.2, -0.15) is 0 Å². The highest BCUT2D eigenvalue weighted by molar-refractivity contribution is 5.90. The van der Waals surface area contributed by atoms with Crippen molar-refractivity contribution >= 4 is 11.7 Å². The van der Waals surface area contributed by atoms with Gasteiger partial charge in [0.15, 0.2) is 0 Å². The van der Waals surface area contributed by atoms with Crippen molar-refractivity contribution in [1.82, 2.24) is 5.32 Å². The van der Waals surface area contributed by atoms with Gasteiger partial charge in [-0.15, -0.1) is 0 Å². The van der Waals surface area contributed by atoms with E-state index in [9.17, 15) is 4.79 Å². The third-order valence-corrected chi connectivity index (χ3v) is 3.73. The van der Waals surface area contributed by atoms with Crippen molar-refractivity contribution in [2.45, 2.75) is 45.1 Å². The largest absolute Gasteiger partial charge is 0.384 e. The average molecular weight is 286 g/mol. The molecule has 0 atom stereocenters. The Morgan fingerprint density at radius 3 is 2.76 bits per heavy atom. The van der Waals surface area contributed by atoms with Crippen molar-refractivity contribution in [3.05, 3.63) is 29.3 Å². The molecule has 2 rings (SSSR count). The molecular weight excluding hydrogens is 264 g/mol. The number of aliphatic hydroxyl groups excluding tert-OH is 1. The minimum absolute atomic E-state index is 0.140. The van der Waals surface area contributed by atoms with Gasteiger partial charge in [0.2, 0.25) is 0 Å². The number of anilines is 1. The molecular formula is C17H22N2O2. The standard InChI is InChI=1S/C17H22N2O2/c1-13-12-14(6-5-11-20)9-10-16(13)19-17(21)18-15-7-3-2-4-8-15/h9-10,12,15,20H,2-4,7-8,11H2,1H3,(H2,18,19,21). The van der Waals surface area contributed by atoms with E-state index >= 15 is 0 Å². The van der Waals surface area contributed by atoms with Crippen LogP contribution in [0.25, 0.3) is 0 Å². The summed E-state index contributed by atoms with van der Waals surface area (Å²) < 4.78 is 0. The Morgan fingerprint density at radius 2 is 2.10 bits per heavy atom. The van der Waals surface area contributed by atoms with Crippen LogP contribution in [0.3, 0.4) is 0 Å². The summed E-state index contributed by atoms with van der Waals surface area (Å²) in [6.07, 6.45) is 5.81. The normalized spacial score (nSPS) is 15.0. The first-order valence-corrected chi connectivity index (χ1v) is 7.47. The molecule has 1 aromatic carbocycles. The van der Waals surface area contributed by atoms with E-state index < -0.39 is 0 Å². The summed E-state index contributed by atoms with van der Waals surface area (Å²) in [6, 6.07) is 5.75. The number of hydrogen-bond acceptors (Lipinski definition) is 2. The molecule has 4 nitrogen and oxygen atoms in total. The number of carbonyl (C=O) groups is 1. The first-order chi connectivity index (χ1) is 10.2. The second kappa shape index (κ2) is 7.70. The highest BCUT2D eigenvalue weighted by Crippen LogP contribution is 2.19. The lowest BCUT2D eigenvalue weighted by molar-refractivity contribution is 0.244. The molecule has 0 saturated heterocycles. The van der Waals surface area contributed by atoms with Gasteiger partial charge in [0.1, 0.15) is 6.61 Å². The molecule has 1 aliphatic carbocycles. The number of carbonyl (C=O) groups excluding carboxylic acids is 1. The molecule has 0 unspecified atom stereocenters. The van der Waals surface area contributed by atoms with Crippen LogP contribution in [0.15, 0.2) is 18.2 Å². The monoisotopic (exact) mass is 286 g/mol. The number of amides is 2. The summed E-state index contributed by atoms with van der Waals surface area (Å²) in [6.45, 7) is 1.78. The summed E-state index contributed by atoms with van der Waals surface area (Å²) in [7, 11) is 0. The Balaban J connectivity index is 1.94. The van der Waals surface area contributed by atoms with Crippen molar-refractivity contribution in [2.75, 3.05) is 11.9 Å². The third-order valence-electron chi connectivity index (χ3n) is 3.73. The topological polar surface area (TPSA) is 61.4 Å². The maximum Gasteiger partial charge on any atom is 0.319 e. The van der Waals surface area contributed by atoms with E-state index in [1.165, 1.54) is 19.3 Å². The lowest BCUT2D eigenvalue weighted by Crippen LogP contribution is -2.39. The van der Waals surface area contributed by atoms with Crippen molar-refractivity contribution in [3.63, 3.8) is 0 Å². The number of aliphatic hydroxyl groups is 1. The molecule has 21 heavy (non-hydrogen) atoms. The molecule has 112 valence electrons. The fourth-order valence-corrected chi connectivity index (χ4v) is 2.61. The molecule has 0 bridgehead atoms. The van der Waals surface area contributed by atoms with E-state index in [2.05, 4.69) is 22.5 Å². The van der Waals surface area contributed by atoms with Gasteiger partial charge in [-0.25, -0.2) is 4.79 Å². The van der Waals surface area contributed by atoms with Crippen LogP contribution in [0.5, 0.6) is 0 Å². The van der Waals surface area contributed by atoms with E-state index in [-0.39, 0.29) is 12.6 Å². The Kier molecular flexibility index (Phi) is 5.65. The molecule has 1 aliphatic rings.